The Kier molecular flexibility index (Phi) is 22.9. The van der Waals surface area contributed by atoms with Gasteiger partial charge in [0.25, 0.3) is 17.3 Å². The molecular weight excluding hydrogens is 1020 g/mol. The molecule has 4 saturated heterocycles. The zero-order valence-corrected chi connectivity index (χ0v) is 41.1. The molecule has 31 heteroatoms. The molecule has 1 aromatic rings. The number of esters is 1. The highest BCUT2D eigenvalue weighted by Crippen LogP contribution is 2.39. The second kappa shape index (κ2) is 27.9. The lowest BCUT2D eigenvalue weighted by atomic mass is 9.88. The van der Waals surface area contributed by atoms with Crippen molar-refractivity contribution in [2.24, 2.45) is 0 Å². The molecule has 4 aliphatic heterocycles. The molecule has 0 aliphatic carbocycles. The fraction of sp³-hybridized carbons (Fsp3) is 0.818. The highest BCUT2D eigenvalue weighted by molar-refractivity contribution is 5.92. The summed E-state index contributed by atoms with van der Waals surface area (Å²) >= 11 is 0. The van der Waals surface area contributed by atoms with Gasteiger partial charge in [0.05, 0.1) is 45.2 Å². The zero-order chi connectivity index (χ0) is 55.5. The summed E-state index contributed by atoms with van der Waals surface area (Å²) in [5, 5.41) is 135. The number of rotatable bonds is 25. The average molecular weight is 1090 g/mol. The quantitative estimate of drug-likeness (QED) is 0.0319. The van der Waals surface area contributed by atoms with Gasteiger partial charge in [0, 0.05) is 32.4 Å². The molecule has 4 aliphatic rings. The van der Waals surface area contributed by atoms with Crippen LogP contribution in [0.1, 0.15) is 75.7 Å². The molecule has 5 rings (SSSR count). The Labute approximate surface area is 426 Å². The van der Waals surface area contributed by atoms with Crippen LogP contribution in [0.15, 0.2) is 15.7 Å². The first kappa shape index (κ1) is 61.7. The van der Waals surface area contributed by atoms with Crippen LogP contribution in [0.4, 0.5) is 0 Å². The van der Waals surface area contributed by atoms with Crippen molar-refractivity contribution in [3.8, 4) is 0 Å². The fourth-order valence-corrected chi connectivity index (χ4v) is 9.08. The van der Waals surface area contributed by atoms with E-state index in [1.165, 1.54) is 14.0 Å². The van der Waals surface area contributed by atoms with E-state index in [-0.39, 0.29) is 19.0 Å². The maximum Gasteiger partial charge on any atom is 0.364 e. The standard InChI is InChI=1S/C44H70N4O27/c1-17-28(57)31(60)32(61)40(69-17)73-36-27(48-38(63)19-12-24(55)47-43(66)46-19)39(68-11-9-7-5-4-6-8-10-25(56)67-3)71-23(16-51)34(36)72-41-33(62)37(30(59)22(15-50)70-41)75-44(42(64)65)13-20(53)26(45-18(2)52)35(74-44)29(58)21(54)14-49/h12,17,20-23,26-37,39-41,49-51,53-54,57-62H,4-11,13-16H2,1-3H3,(H,45,52)(H,48,63)(H,64,65)(H2,46,47,55,66)/t17?,20?,21?,22?,23?,26-,27?,28-,29?,30+,31?,32?,33?,34-,35?,36?,37?,39-,40+,41?,44+/m1/s1. The number of aromatic nitrogens is 2. The molecule has 0 aromatic carbocycles. The van der Waals surface area contributed by atoms with Crippen LogP contribution in [-0.4, -0.2) is 257 Å². The van der Waals surface area contributed by atoms with Gasteiger partial charge < -0.3 is 120 Å². The lowest BCUT2D eigenvalue weighted by molar-refractivity contribution is -0.391. The Morgan fingerprint density at radius 3 is 2.00 bits per heavy atom. The van der Waals surface area contributed by atoms with Gasteiger partial charge in [-0.15, -0.1) is 0 Å². The predicted molar refractivity (Wildman–Crippen MR) is 242 cm³/mol. The topological polar surface area (TPSA) is 484 Å². The van der Waals surface area contributed by atoms with Gasteiger partial charge in [-0.2, -0.15) is 0 Å². The normalized spacial score (nSPS) is 37.0. The van der Waals surface area contributed by atoms with Crippen LogP contribution in [0.2, 0.25) is 0 Å². The maximum absolute atomic E-state index is 14.0. The van der Waals surface area contributed by atoms with Crippen LogP contribution in [0, 0.1) is 0 Å². The van der Waals surface area contributed by atoms with E-state index < -0.39 is 189 Å². The van der Waals surface area contributed by atoms with Crippen molar-refractivity contribution in [1.82, 2.24) is 20.6 Å². The smallest absolute Gasteiger partial charge is 0.364 e. The van der Waals surface area contributed by atoms with Crippen molar-refractivity contribution in [2.75, 3.05) is 33.5 Å². The molecule has 14 unspecified atom stereocenters. The van der Waals surface area contributed by atoms with Crippen LogP contribution in [-0.2, 0) is 57.0 Å². The van der Waals surface area contributed by atoms with Crippen LogP contribution in [0.25, 0.3) is 0 Å². The lowest BCUT2D eigenvalue weighted by Gasteiger charge is -2.51. The number of aliphatic carboxylic acids is 1. The summed E-state index contributed by atoms with van der Waals surface area (Å²) in [6, 6.07) is -2.69. The van der Waals surface area contributed by atoms with Gasteiger partial charge in [-0.3, -0.25) is 24.2 Å². The fourth-order valence-electron chi connectivity index (χ4n) is 9.08. The number of unbranched alkanes of at least 4 members (excludes halogenated alkanes) is 5. The van der Waals surface area contributed by atoms with Gasteiger partial charge >= 0.3 is 17.6 Å². The first-order chi connectivity index (χ1) is 35.5. The molecule has 75 heavy (non-hydrogen) atoms. The number of nitrogens with one attached hydrogen (secondary N) is 4. The molecule has 0 saturated carbocycles. The van der Waals surface area contributed by atoms with Crippen LogP contribution in [0.3, 0.4) is 0 Å². The van der Waals surface area contributed by atoms with Crippen molar-refractivity contribution < 1.29 is 123 Å². The summed E-state index contributed by atoms with van der Waals surface area (Å²) in [5.74, 6) is -7.60. The number of carbonyl (C=O) groups excluding carboxylic acids is 3. The third-order valence-electron chi connectivity index (χ3n) is 13.1. The molecule has 4 fully saturated rings. The van der Waals surface area contributed by atoms with Gasteiger partial charge in [0.1, 0.15) is 91.1 Å². The molecule has 428 valence electrons. The number of carbonyl (C=O) groups is 4. The Bertz CT molecular complexity index is 2110. The number of aliphatic hydroxyl groups is 11. The number of ether oxygens (including phenoxy) is 9. The minimum Gasteiger partial charge on any atom is -0.477 e. The van der Waals surface area contributed by atoms with Crippen molar-refractivity contribution in [3.63, 3.8) is 0 Å². The number of hydrogen-bond acceptors (Lipinski definition) is 26. The zero-order valence-electron chi connectivity index (χ0n) is 41.1. The Balaban J connectivity index is 1.52. The summed E-state index contributed by atoms with van der Waals surface area (Å²) in [5.41, 5.74) is -2.72. The Hall–Kier alpha value is -4.20. The van der Waals surface area contributed by atoms with E-state index in [1.807, 2.05) is 4.98 Å². The Morgan fingerprint density at radius 2 is 1.39 bits per heavy atom. The molecule has 1 aromatic heterocycles. The predicted octanol–water partition coefficient (Wildman–Crippen LogP) is -7.63. The molecule has 0 radical (unpaired) electrons. The van der Waals surface area contributed by atoms with Crippen molar-refractivity contribution in [3.05, 3.63) is 32.6 Å². The van der Waals surface area contributed by atoms with Crippen molar-refractivity contribution in [1.29, 1.82) is 0 Å². The van der Waals surface area contributed by atoms with Crippen molar-refractivity contribution in [2.45, 2.75) is 194 Å². The van der Waals surface area contributed by atoms with E-state index in [0.717, 1.165) is 25.8 Å². The summed E-state index contributed by atoms with van der Waals surface area (Å²) in [7, 11) is 1.29. The molecule has 0 bridgehead atoms. The minimum atomic E-state index is -3.20. The maximum atomic E-state index is 14.0. The third-order valence-corrected chi connectivity index (χ3v) is 13.1. The van der Waals surface area contributed by atoms with Crippen LogP contribution in [0.5, 0.6) is 0 Å². The Morgan fingerprint density at radius 1 is 0.760 bits per heavy atom. The number of carboxylic acids is 1. The number of aromatic amines is 2. The van der Waals surface area contributed by atoms with Gasteiger partial charge in [0.2, 0.25) is 5.91 Å². The molecule has 2 amide bonds. The molecule has 16 N–H and O–H groups in total. The van der Waals surface area contributed by atoms with E-state index in [4.69, 9.17) is 37.9 Å². The molecule has 31 nitrogen and oxygen atoms in total. The van der Waals surface area contributed by atoms with Gasteiger partial charge in [-0.25, -0.2) is 9.59 Å². The summed E-state index contributed by atoms with van der Waals surface area (Å²) in [4.78, 5) is 79.3. The van der Waals surface area contributed by atoms with E-state index in [0.29, 0.717) is 25.7 Å². The van der Waals surface area contributed by atoms with Crippen molar-refractivity contribution >= 4 is 23.8 Å². The van der Waals surface area contributed by atoms with E-state index >= 15 is 0 Å². The second-order valence-corrected chi connectivity index (χ2v) is 18.6. The number of amides is 2. The summed E-state index contributed by atoms with van der Waals surface area (Å²) in [6.45, 7) is -1.06. The van der Waals surface area contributed by atoms with Crippen LogP contribution < -0.4 is 21.9 Å². The van der Waals surface area contributed by atoms with Gasteiger partial charge in [0.15, 0.2) is 18.9 Å². The third kappa shape index (κ3) is 15.3. The SMILES string of the molecule is COC(=O)CCCCCCCCO[C@@H]1OC(CO)[C@@H](OC2OC(CO)[C@H](O)C(O[C@]3(C(=O)O)CC(O)[C@@H](NC(C)=O)C(C(O)C(O)CO)O3)C2O)C(O[C@@H]2OC(C)[C@@H](O)C(O)C2O)C1NC(=O)c1cc(=O)[nH]c(=O)[nH]1. The van der Waals surface area contributed by atoms with E-state index in [2.05, 4.69) is 20.4 Å². The first-order valence-corrected chi connectivity index (χ1v) is 24.2. The second-order valence-electron chi connectivity index (χ2n) is 18.6. The summed E-state index contributed by atoms with van der Waals surface area (Å²) < 4.78 is 52.4. The highest BCUT2D eigenvalue weighted by atomic mass is 16.8. The van der Waals surface area contributed by atoms with Gasteiger partial charge in [-0.05, 0) is 19.8 Å². The van der Waals surface area contributed by atoms with Crippen LogP contribution >= 0.6 is 0 Å². The number of aliphatic hydroxyl groups excluding tert-OH is 11. The monoisotopic (exact) mass is 1090 g/mol. The molecular formula is C44H70N4O27. The number of hydrogen-bond donors (Lipinski definition) is 16. The largest absolute Gasteiger partial charge is 0.477 e. The number of carboxylic acid groups (broad SMARTS) is 1. The van der Waals surface area contributed by atoms with E-state index in [1.54, 1.807) is 0 Å². The number of H-pyrrole nitrogens is 2. The average Bonchev–Trinajstić information content (AvgIpc) is 3.37. The summed E-state index contributed by atoms with van der Waals surface area (Å²) in [6.07, 6.45) is -32.6. The lowest BCUT2D eigenvalue weighted by Crippen LogP contribution is -2.71. The van der Waals surface area contributed by atoms with Gasteiger partial charge in [-0.1, -0.05) is 25.7 Å². The molecule has 21 atom stereocenters. The van der Waals surface area contributed by atoms with E-state index in [9.17, 15) is 90.0 Å². The molecule has 5 heterocycles. The minimum absolute atomic E-state index is 0.105. The first-order valence-electron chi connectivity index (χ1n) is 24.2. The highest BCUT2D eigenvalue weighted by Gasteiger charge is 2.61. The number of methoxy groups -OCH3 is 1. The molecule has 0 spiro atoms.